The SMILES string of the molecule is Fc1cc(Cl)ccc1-c1cnn2c1CCCC2. The molecule has 0 saturated carbocycles. The minimum atomic E-state index is -0.279. The molecule has 0 atom stereocenters. The number of fused-ring (bicyclic) bond motifs is 1. The average Bonchev–Trinajstić information content (AvgIpc) is 2.73. The van der Waals surface area contributed by atoms with Crippen molar-refractivity contribution < 1.29 is 4.39 Å². The molecule has 0 fully saturated rings. The minimum absolute atomic E-state index is 0.279. The van der Waals surface area contributed by atoms with Gasteiger partial charge in [0.15, 0.2) is 0 Å². The van der Waals surface area contributed by atoms with Crippen LogP contribution < -0.4 is 0 Å². The predicted octanol–water partition coefficient (Wildman–Crippen LogP) is 3.68. The van der Waals surface area contributed by atoms with E-state index in [1.54, 1.807) is 18.3 Å². The molecule has 0 radical (unpaired) electrons. The quantitative estimate of drug-likeness (QED) is 0.755. The highest BCUT2D eigenvalue weighted by atomic mass is 35.5. The molecule has 2 nitrogen and oxygen atoms in total. The summed E-state index contributed by atoms with van der Waals surface area (Å²) in [5, 5.41) is 4.74. The number of hydrogen-bond acceptors (Lipinski definition) is 1. The Morgan fingerprint density at radius 1 is 1.24 bits per heavy atom. The Labute approximate surface area is 104 Å². The summed E-state index contributed by atoms with van der Waals surface area (Å²) in [6.45, 7) is 0.935. The van der Waals surface area contributed by atoms with Crippen molar-refractivity contribution in [2.45, 2.75) is 25.8 Å². The van der Waals surface area contributed by atoms with Crippen molar-refractivity contribution in [2.75, 3.05) is 0 Å². The lowest BCUT2D eigenvalue weighted by Gasteiger charge is -2.15. The van der Waals surface area contributed by atoms with Gasteiger partial charge in [-0.3, -0.25) is 4.68 Å². The highest BCUT2D eigenvalue weighted by molar-refractivity contribution is 6.30. The highest BCUT2D eigenvalue weighted by Crippen LogP contribution is 2.30. The van der Waals surface area contributed by atoms with Gasteiger partial charge < -0.3 is 0 Å². The Hall–Kier alpha value is -1.35. The van der Waals surface area contributed by atoms with Crippen LogP contribution >= 0.6 is 11.6 Å². The number of halogens is 2. The van der Waals surface area contributed by atoms with Crippen molar-refractivity contribution in [3.63, 3.8) is 0 Å². The van der Waals surface area contributed by atoms with Gasteiger partial charge in [0.1, 0.15) is 5.82 Å². The molecule has 88 valence electrons. The van der Waals surface area contributed by atoms with E-state index in [4.69, 9.17) is 11.6 Å². The van der Waals surface area contributed by atoms with Gasteiger partial charge in [0.05, 0.1) is 6.20 Å². The van der Waals surface area contributed by atoms with E-state index < -0.39 is 0 Å². The van der Waals surface area contributed by atoms with Crippen LogP contribution in [0.4, 0.5) is 4.39 Å². The molecule has 4 heteroatoms. The van der Waals surface area contributed by atoms with Gasteiger partial charge >= 0.3 is 0 Å². The van der Waals surface area contributed by atoms with Gasteiger partial charge in [0.25, 0.3) is 0 Å². The molecule has 0 bridgehead atoms. The van der Waals surface area contributed by atoms with Crippen molar-refractivity contribution >= 4 is 11.6 Å². The van der Waals surface area contributed by atoms with E-state index in [-0.39, 0.29) is 5.82 Å². The number of aromatic nitrogens is 2. The van der Waals surface area contributed by atoms with E-state index >= 15 is 0 Å². The maximum atomic E-state index is 13.9. The molecule has 1 aromatic carbocycles. The van der Waals surface area contributed by atoms with Crippen LogP contribution in [0, 0.1) is 5.82 Å². The van der Waals surface area contributed by atoms with Gasteiger partial charge in [0, 0.05) is 28.4 Å². The molecule has 3 rings (SSSR count). The summed E-state index contributed by atoms with van der Waals surface area (Å²) in [6, 6.07) is 4.79. The van der Waals surface area contributed by atoms with Crippen LogP contribution in [0.5, 0.6) is 0 Å². The molecule has 1 aliphatic heterocycles. The molecular weight excluding hydrogens is 239 g/mol. The zero-order valence-corrected chi connectivity index (χ0v) is 10.0. The topological polar surface area (TPSA) is 17.8 Å². The van der Waals surface area contributed by atoms with Crippen LogP contribution in [0.15, 0.2) is 24.4 Å². The second kappa shape index (κ2) is 4.15. The standard InChI is InChI=1S/C13H12ClFN2/c14-9-4-5-10(12(15)7-9)11-8-16-17-6-2-1-3-13(11)17/h4-5,7-8H,1-3,6H2. The van der Waals surface area contributed by atoms with E-state index in [1.165, 1.54) is 6.07 Å². The molecule has 0 N–H and O–H groups in total. The van der Waals surface area contributed by atoms with E-state index in [1.807, 2.05) is 4.68 Å². The average molecular weight is 251 g/mol. The Kier molecular flexibility index (Phi) is 2.63. The number of aryl methyl sites for hydroxylation is 1. The third kappa shape index (κ3) is 1.84. The third-order valence-corrected chi connectivity index (χ3v) is 3.44. The molecule has 0 aliphatic carbocycles. The first kappa shape index (κ1) is 10.8. The van der Waals surface area contributed by atoms with E-state index in [0.717, 1.165) is 37.1 Å². The fourth-order valence-corrected chi connectivity index (χ4v) is 2.51. The molecule has 2 heterocycles. The van der Waals surface area contributed by atoms with E-state index in [9.17, 15) is 4.39 Å². The number of benzene rings is 1. The van der Waals surface area contributed by atoms with Gasteiger partial charge in [-0.25, -0.2) is 4.39 Å². The smallest absolute Gasteiger partial charge is 0.132 e. The molecule has 0 unspecified atom stereocenters. The number of hydrogen-bond donors (Lipinski definition) is 0. The van der Waals surface area contributed by atoms with Crippen molar-refractivity contribution in [1.29, 1.82) is 0 Å². The molecule has 1 aliphatic rings. The Balaban J connectivity index is 2.12. The lowest BCUT2D eigenvalue weighted by atomic mass is 10.0. The van der Waals surface area contributed by atoms with Gasteiger partial charge in [-0.1, -0.05) is 11.6 Å². The first-order valence-corrected chi connectivity index (χ1v) is 6.13. The van der Waals surface area contributed by atoms with Crippen LogP contribution in [0.3, 0.4) is 0 Å². The summed E-state index contributed by atoms with van der Waals surface area (Å²) in [7, 11) is 0. The first-order chi connectivity index (χ1) is 8.25. The molecular formula is C13H12ClFN2. The summed E-state index contributed by atoms with van der Waals surface area (Å²) >= 11 is 5.76. The summed E-state index contributed by atoms with van der Waals surface area (Å²) in [4.78, 5) is 0. The maximum Gasteiger partial charge on any atom is 0.132 e. The normalized spacial score (nSPS) is 14.7. The maximum absolute atomic E-state index is 13.9. The zero-order chi connectivity index (χ0) is 11.8. The van der Waals surface area contributed by atoms with Gasteiger partial charge in [-0.15, -0.1) is 0 Å². The monoisotopic (exact) mass is 250 g/mol. The second-order valence-corrected chi connectivity index (χ2v) is 4.75. The molecule has 0 saturated heterocycles. The Morgan fingerprint density at radius 3 is 2.94 bits per heavy atom. The lowest BCUT2D eigenvalue weighted by Crippen LogP contribution is -2.11. The van der Waals surface area contributed by atoms with Crippen LogP contribution in [0.25, 0.3) is 11.1 Å². The fraction of sp³-hybridized carbons (Fsp3) is 0.308. The van der Waals surface area contributed by atoms with Crippen LogP contribution in [0.2, 0.25) is 5.02 Å². The van der Waals surface area contributed by atoms with Crippen molar-refractivity contribution in [3.8, 4) is 11.1 Å². The summed E-state index contributed by atoms with van der Waals surface area (Å²) in [5.74, 6) is -0.279. The van der Waals surface area contributed by atoms with Gasteiger partial charge in [-0.05, 0) is 37.5 Å². The van der Waals surface area contributed by atoms with Crippen LogP contribution in [-0.4, -0.2) is 9.78 Å². The van der Waals surface area contributed by atoms with Crippen molar-refractivity contribution in [2.24, 2.45) is 0 Å². The molecule has 2 aromatic rings. The summed E-state index contributed by atoms with van der Waals surface area (Å²) in [6.07, 6.45) is 5.02. The molecule has 17 heavy (non-hydrogen) atoms. The van der Waals surface area contributed by atoms with Crippen molar-refractivity contribution in [3.05, 3.63) is 40.9 Å². The predicted molar refractivity (Wildman–Crippen MR) is 65.6 cm³/mol. The van der Waals surface area contributed by atoms with Crippen LogP contribution in [0.1, 0.15) is 18.5 Å². The number of rotatable bonds is 1. The largest absolute Gasteiger partial charge is 0.269 e. The molecule has 0 amide bonds. The van der Waals surface area contributed by atoms with Crippen LogP contribution in [-0.2, 0) is 13.0 Å². The summed E-state index contributed by atoms with van der Waals surface area (Å²) < 4.78 is 15.8. The first-order valence-electron chi connectivity index (χ1n) is 5.76. The van der Waals surface area contributed by atoms with E-state index in [0.29, 0.717) is 10.6 Å². The molecule has 0 spiro atoms. The Morgan fingerprint density at radius 2 is 2.12 bits per heavy atom. The zero-order valence-electron chi connectivity index (χ0n) is 9.29. The minimum Gasteiger partial charge on any atom is -0.269 e. The number of nitrogens with zero attached hydrogens (tertiary/aromatic N) is 2. The lowest BCUT2D eigenvalue weighted by molar-refractivity contribution is 0.486. The summed E-state index contributed by atoms with van der Waals surface area (Å²) in [5.41, 5.74) is 2.63. The van der Waals surface area contributed by atoms with Gasteiger partial charge in [-0.2, -0.15) is 5.10 Å². The van der Waals surface area contributed by atoms with Crippen molar-refractivity contribution in [1.82, 2.24) is 9.78 Å². The van der Waals surface area contributed by atoms with E-state index in [2.05, 4.69) is 5.10 Å². The second-order valence-electron chi connectivity index (χ2n) is 4.31. The fourth-order valence-electron chi connectivity index (χ4n) is 2.35. The van der Waals surface area contributed by atoms with Gasteiger partial charge in [0.2, 0.25) is 0 Å². The highest BCUT2D eigenvalue weighted by Gasteiger charge is 2.18. The third-order valence-electron chi connectivity index (χ3n) is 3.20. The molecule has 1 aromatic heterocycles. The Bertz CT molecular complexity index is 563.